The normalized spacial score (nSPS) is 22.2. The number of rotatable bonds is 4. The van der Waals surface area contributed by atoms with Crippen molar-refractivity contribution in [3.8, 4) is 0 Å². The molecule has 1 atom stereocenters. The van der Waals surface area contributed by atoms with Crippen molar-refractivity contribution < 1.29 is 4.79 Å². The third-order valence-electron chi connectivity index (χ3n) is 2.00. The van der Waals surface area contributed by atoms with Gasteiger partial charge in [0.15, 0.2) is 0 Å². The molecule has 1 rings (SSSR count). The van der Waals surface area contributed by atoms with E-state index >= 15 is 0 Å². The summed E-state index contributed by atoms with van der Waals surface area (Å²) in [6.45, 7) is 5.51. The first kappa shape index (κ1) is 9.26. The van der Waals surface area contributed by atoms with Gasteiger partial charge in [-0.25, -0.2) is 0 Å². The van der Waals surface area contributed by atoms with E-state index in [-0.39, 0.29) is 5.91 Å². The van der Waals surface area contributed by atoms with Crippen LogP contribution in [0.25, 0.3) is 0 Å². The summed E-state index contributed by atoms with van der Waals surface area (Å²) < 4.78 is 0. The van der Waals surface area contributed by atoms with Gasteiger partial charge in [0, 0.05) is 19.0 Å². The van der Waals surface area contributed by atoms with Crippen molar-refractivity contribution in [2.45, 2.75) is 25.3 Å². The largest absolute Gasteiger partial charge is 0.352 e. The number of nitrogens with one attached hydrogen (secondary N) is 2. The van der Waals surface area contributed by atoms with Gasteiger partial charge < -0.3 is 10.6 Å². The summed E-state index contributed by atoms with van der Waals surface area (Å²) in [6.07, 6.45) is 4.16. The number of allylic oxidation sites excluding steroid dienone is 1. The SMILES string of the molecule is C=CCCC(=O)N[C@H]1CCNC1. The quantitative estimate of drug-likeness (QED) is 0.598. The molecule has 0 aromatic carbocycles. The van der Waals surface area contributed by atoms with E-state index in [1.807, 2.05) is 0 Å². The maximum absolute atomic E-state index is 11.2. The van der Waals surface area contributed by atoms with Crippen molar-refractivity contribution in [1.29, 1.82) is 0 Å². The molecule has 3 nitrogen and oxygen atoms in total. The summed E-state index contributed by atoms with van der Waals surface area (Å²) in [6, 6.07) is 0.349. The molecule has 0 bridgehead atoms. The first-order valence-corrected chi connectivity index (χ1v) is 4.44. The molecule has 0 aromatic heterocycles. The van der Waals surface area contributed by atoms with E-state index in [1.165, 1.54) is 0 Å². The van der Waals surface area contributed by atoms with Crippen LogP contribution >= 0.6 is 0 Å². The molecular formula is C9H16N2O. The van der Waals surface area contributed by atoms with Crippen LogP contribution in [-0.4, -0.2) is 25.0 Å². The Bertz CT molecular complexity index is 162. The highest BCUT2D eigenvalue weighted by molar-refractivity contribution is 5.76. The molecule has 1 aliphatic heterocycles. The van der Waals surface area contributed by atoms with Crippen molar-refractivity contribution in [1.82, 2.24) is 10.6 Å². The summed E-state index contributed by atoms with van der Waals surface area (Å²) >= 11 is 0. The molecule has 12 heavy (non-hydrogen) atoms. The van der Waals surface area contributed by atoms with Crippen molar-refractivity contribution in [3.63, 3.8) is 0 Å². The van der Waals surface area contributed by atoms with Crippen LogP contribution in [0.3, 0.4) is 0 Å². The minimum atomic E-state index is 0.142. The van der Waals surface area contributed by atoms with Crippen LogP contribution in [0.15, 0.2) is 12.7 Å². The monoisotopic (exact) mass is 168 g/mol. The molecule has 0 aromatic rings. The maximum atomic E-state index is 11.2. The van der Waals surface area contributed by atoms with E-state index in [2.05, 4.69) is 17.2 Å². The average molecular weight is 168 g/mol. The van der Waals surface area contributed by atoms with Crippen molar-refractivity contribution in [3.05, 3.63) is 12.7 Å². The lowest BCUT2D eigenvalue weighted by Crippen LogP contribution is -2.35. The predicted octanol–water partition coefficient (Wildman–Crippen LogP) is 0.431. The fourth-order valence-electron chi connectivity index (χ4n) is 1.31. The smallest absolute Gasteiger partial charge is 0.220 e. The van der Waals surface area contributed by atoms with Crippen LogP contribution in [0.2, 0.25) is 0 Å². The van der Waals surface area contributed by atoms with E-state index in [1.54, 1.807) is 6.08 Å². The van der Waals surface area contributed by atoms with Gasteiger partial charge in [-0.3, -0.25) is 4.79 Å². The molecule has 1 heterocycles. The standard InChI is InChI=1S/C9H16N2O/c1-2-3-4-9(12)11-8-5-6-10-7-8/h2,8,10H,1,3-7H2,(H,11,12)/t8-/m0/s1. The van der Waals surface area contributed by atoms with Crippen LogP contribution in [0, 0.1) is 0 Å². The van der Waals surface area contributed by atoms with Gasteiger partial charge in [0.1, 0.15) is 0 Å². The molecule has 0 aliphatic carbocycles. The lowest BCUT2D eigenvalue weighted by Gasteiger charge is -2.09. The second kappa shape index (κ2) is 4.93. The van der Waals surface area contributed by atoms with Gasteiger partial charge in [0.2, 0.25) is 5.91 Å². The van der Waals surface area contributed by atoms with E-state index in [4.69, 9.17) is 0 Å². The highest BCUT2D eigenvalue weighted by Gasteiger charge is 2.15. The van der Waals surface area contributed by atoms with E-state index < -0.39 is 0 Å². The van der Waals surface area contributed by atoms with Gasteiger partial charge in [-0.05, 0) is 19.4 Å². The molecule has 1 saturated heterocycles. The summed E-state index contributed by atoms with van der Waals surface area (Å²) in [5.41, 5.74) is 0. The minimum absolute atomic E-state index is 0.142. The van der Waals surface area contributed by atoms with Gasteiger partial charge in [-0.1, -0.05) is 6.08 Å². The second-order valence-electron chi connectivity index (χ2n) is 3.08. The van der Waals surface area contributed by atoms with Crippen molar-refractivity contribution >= 4 is 5.91 Å². The summed E-state index contributed by atoms with van der Waals surface area (Å²) in [5, 5.41) is 6.16. The summed E-state index contributed by atoms with van der Waals surface area (Å²) in [7, 11) is 0. The first-order chi connectivity index (χ1) is 5.83. The van der Waals surface area contributed by atoms with Gasteiger partial charge in [-0.15, -0.1) is 6.58 Å². The molecular weight excluding hydrogens is 152 g/mol. The zero-order chi connectivity index (χ0) is 8.81. The third-order valence-corrected chi connectivity index (χ3v) is 2.00. The molecule has 1 aliphatic rings. The average Bonchev–Trinajstić information content (AvgIpc) is 2.53. The minimum Gasteiger partial charge on any atom is -0.352 e. The molecule has 0 radical (unpaired) electrons. The number of amides is 1. The molecule has 0 saturated carbocycles. The molecule has 0 spiro atoms. The van der Waals surface area contributed by atoms with Crippen LogP contribution in [-0.2, 0) is 4.79 Å². The van der Waals surface area contributed by atoms with Crippen LogP contribution in [0.1, 0.15) is 19.3 Å². The lowest BCUT2D eigenvalue weighted by molar-refractivity contribution is -0.121. The van der Waals surface area contributed by atoms with E-state index in [0.29, 0.717) is 12.5 Å². The van der Waals surface area contributed by atoms with Crippen LogP contribution < -0.4 is 10.6 Å². The topological polar surface area (TPSA) is 41.1 Å². The van der Waals surface area contributed by atoms with E-state index in [0.717, 1.165) is 25.9 Å². The van der Waals surface area contributed by atoms with Gasteiger partial charge >= 0.3 is 0 Å². The Hall–Kier alpha value is -0.830. The molecule has 0 unspecified atom stereocenters. The fourth-order valence-corrected chi connectivity index (χ4v) is 1.31. The first-order valence-electron chi connectivity index (χ1n) is 4.44. The summed E-state index contributed by atoms with van der Waals surface area (Å²) in [5.74, 6) is 0.142. The highest BCUT2D eigenvalue weighted by Crippen LogP contribution is 1.98. The van der Waals surface area contributed by atoms with Crippen molar-refractivity contribution in [2.24, 2.45) is 0 Å². The number of hydrogen-bond donors (Lipinski definition) is 2. The highest BCUT2D eigenvalue weighted by atomic mass is 16.1. The van der Waals surface area contributed by atoms with Gasteiger partial charge in [-0.2, -0.15) is 0 Å². The molecule has 3 heteroatoms. The molecule has 68 valence electrons. The second-order valence-corrected chi connectivity index (χ2v) is 3.08. The Morgan fingerprint density at radius 2 is 2.58 bits per heavy atom. The predicted molar refractivity (Wildman–Crippen MR) is 48.8 cm³/mol. The zero-order valence-electron chi connectivity index (χ0n) is 7.31. The zero-order valence-corrected chi connectivity index (χ0v) is 7.31. The Morgan fingerprint density at radius 3 is 3.17 bits per heavy atom. The van der Waals surface area contributed by atoms with E-state index in [9.17, 15) is 4.79 Å². The summed E-state index contributed by atoms with van der Waals surface area (Å²) in [4.78, 5) is 11.2. The van der Waals surface area contributed by atoms with Crippen LogP contribution in [0.4, 0.5) is 0 Å². The number of carbonyl (C=O) groups excluding carboxylic acids is 1. The fraction of sp³-hybridized carbons (Fsp3) is 0.667. The Balaban J connectivity index is 2.11. The molecule has 2 N–H and O–H groups in total. The number of hydrogen-bond acceptors (Lipinski definition) is 2. The Kier molecular flexibility index (Phi) is 3.80. The van der Waals surface area contributed by atoms with Gasteiger partial charge in [0.05, 0.1) is 0 Å². The Morgan fingerprint density at radius 1 is 1.75 bits per heavy atom. The Labute approximate surface area is 73.2 Å². The maximum Gasteiger partial charge on any atom is 0.220 e. The van der Waals surface area contributed by atoms with Crippen LogP contribution in [0.5, 0.6) is 0 Å². The molecule has 1 amide bonds. The number of carbonyl (C=O) groups is 1. The molecule has 1 fully saturated rings. The van der Waals surface area contributed by atoms with Gasteiger partial charge in [0.25, 0.3) is 0 Å². The lowest BCUT2D eigenvalue weighted by atomic mass is 10.2. The third kappa shape index (κ3) is 3.05. The van der Waals surface area contributed by atoms with Crippen molar-refractivity contribution in [2.75, 3.05) is 13.1 Å².